The minimum absolute atomic E-state index is 0.0642. The molecule has 0 aliphatic heterocycles. The van der Waals surface area contributed by atoms with Crippen LogP contribution >= 0.6 is 0 Å². The number of rotatable bonds is 19. The Bertz CT molecular complexity index is 647. The van der Waals surface area contributed by atoms with E-state index in [0.29, 0.717) is 39.6 Å². The van der Waals surface area contributed by atoms with Gasteiger partial charge < -0.3 is 28.8 Å². The van der Waals surface area contributed by atoms with Crippen molar-refractivity contribution < 1.29 is 28.8 Å². The van der Waals surface area contributed by atoms with Crippen LogP contribution in [-0.4, -0.2) is 64.6 Å². The van der Waals surface area contributed by atoms with E-state index in [1.807, 2.05) is 54.6 Å². The van der Waals surface area contributed by atoms with Gasteiger partial charge in [-0.15, -0.1) is 0 Å². The van der Waals surface area contributed by atoms with Crippen molar-refractivity contribution in [3.05, 3.63) is 60.2 Å². The Balaban J connectivity index is 1.34. The summed E-state index contributed by atoms with van der Waals surface area (Å²) in [6.07, 6.45) is 3.97. The highest BCUT2D eigenvalue weighted by Crippen LogP contribution is 2.12. The molecule has 2 aromatic rings. The van der Waals surface area contributed by atoms with E-state index in [9.17, 15) is 0 Å². The summed E-state index contributed by atoms with van der Waals surface area (Å²) in [5.74, 6) is 1.72. The van der Waals surface area contributed by atoms with Crippen LogP contribution in [0.25, 0.3) is 0 Å². The molecule has 2 aromatic carbocycles. The van der Waals surface area contributed by atoms with Crippen LogP contribution in [-0.2, 0) is 20.6 Å². The molecule has 0 heterocycles. The highest BCUT2D eigenvalue weighted by atomic mass is 16.5. The Hall–Kier alpha value is -2.12. The number of aliphatic hydroxyl groups is 1. The maximum absolute atomic E-state index is 8.68. The van der Waals surface area contributed by atoms with E-state index in [-0.39, 0.29) is 6.61 Å². The smallest absolute Gasteiger partial charge is 0.119 e. The fraction of sp³-hybridized carbons (Fsp3) is 0.520. The monoisotopic (exact) mass is 432 g/mol. The summed E-state index contributed by atoms with van der Waals surface area (Å²) in [6.45, 7) is 4.89. The van der Waals surface area contributed by atoms with Gasteiger partial charge in [0.15, 0.2) is 0 Å². The Morgan fingerprint density at radius 3 is 1.71 bits per heavy atom. The first-order valence-corrected chi connectivity index (χ1v) is 11.1. The SMILES string of the molecule is OCCOCCc1ccc(OCCOCCCCCOCCOc2ccccc2)cc1. The van der Waals surface area contributed by atoms with Crippen molar-refractivity contribution in [3.63, 3.8) is 0 Å². The molecule has 2 rings (SSSR count). The topological polar surface area (TPSA) is 66.4 Å². The Labute approximate surface area is 186 Å². The molecule has 6 heteroatoms. The largest absolute Gasteiger partial charge is 0.491 e. The summed E-state index contributed by atoms with van der Waals surface area (Å²) < 4.78 is 27.8. The molecule has 0 unspecified atom stereocenters. The maximum atomic E-state index is 8.68. The van der Waals surface area contributed by atoms with Gasteiger partial charge in [0.2, 0.25) is 0 Å². The summed E-state index contributed by atoms with van der Waals surface area (Å²) in [6, 6.07) is 17.8. The lowest BCUT2D eigenvalue weighted by Crippen LogP contribution is -2.09. The molecule has 0 amide bonds. The minimum Gasteiger partial charge on any atom is -0.491 e. The molecule has 0 bridgehead atoms. The van der Waals surface area contributed by atoms with Crippen LogP contribution in [0.2, 0.25) is 0 Å². The van der Waals surface area contributed by atoms with Gasteiger partial charge >= 0.3 is 0 Å². The first kappa shape index (κ1) is 25.1. The van der Waals surface area contributed by atoms with Crippen molar-refractivity contribution in [3.8, 4) is 11.5 Å². The molecule has 0 fully saturated rings. The Morgan fingerprint density at radius 2 is 1.10 bits per heavy atom. The number of hydrogen-bond acceptors (Lipinski definition) is 6. The zero-order valence-corrected chi connectivity index (χ0v) is 18.4. The van der Waals surface area contributed by atoms with Gasteiger partial charge in [0.05, 0.1) is 33.0 Å². The number of benzene rings is 2. The molecule has 1 N–H and O–H groups in total. The van der Waals surface area contributed by atoms with Crippen molar-refractivity contribution in [2.75, 3.05) is 59.5 Å². The highest BCUT2D eigenvalue weighted by molar-refractivity contribution is 5.27. The Kier molecular flexibility index (Phi) is 14.2. The third-order valence-electron chi connectivity index (χ3n) is 4.51. The molecule has 0 saturated heterocycles. The third kappa shape index (κ3) is 13.0. The normalized spacial score (nSPS) is 10.9. The molecular weight excluding hydrogens is 396 g/mol. The molecule has 0 radical (unpaired) electrons. The van der Waals surface area contributed by atoms with Crippen LogP contribution in [0.5, 0.6) is 11.5 Å². The summed E-state index contributed by atoms with van der Waals surface area (Å²) in [5.41, 5.74) is 1.19. The molecule has 0 aromatic heterocycles. The van der Waals surface area contributed by atoms with E-state index in [0.717, 1.165) is 50.4 Å². The minimum atomic E-state index is 0.0642. The maximum Gasteiger partial charge on any atom is 0.119 e. The second kappa shape index (κ2) is 17.5. The highest BCUT2D eigenvalue weighted by Gasteiger charge is 1.98. The van der Waals surface area contributed by atoms with E-state index >= 15 is 0 Å². The molecule has 172 valence electrons. The average Bonchev–Trinajstić information content (AvgIpc) is 2.81. The summed E-state index contributed by atoms with van der Waals surface area (Å²) in [7, 11) is 0. The molecule has 0 aliphatic carbocycles. The van der Waals surface area contributed by atoms with Gasteiger partial charge in [-0.3, -0.25) is 0 Å². The van der Waals surface area contributed by atoms with E-state index in [4.69, 9.17) is 28.8 Å². The zero-order chi connectivity index (χ0) is 21.8. The van der Waals surface area contributed by atoms with Crippen LogP contribution < -0.4 is 9.47 Å². The van der Waals surface area contributed by atoms with Crippen LogP contribution in [0.4, 0.5) is 0 Å². The van der Waals surface area contributed by atoms with Gasteiger partial charge in [0.1, 0.15) is 24.7 Å². The predicted molar refractivity (Wildman–Crippen MR) is 121 cm³/mol. The lowest BCUT2D eigenvalue weighted by Gasteiger charge is -2.09. The number of unbranched alkanes of at least 4 members (excludes halogenated alkanes) is 2. The molecule has 0 saturated carbocycles. The predicted octanol–water partition coefficient (Wildman–Crippen LogP) is 3.90. The summed E-state index contributed by atoms with van der Waals surface area (Å²) in [4.78, 5) is 0. The fourth-order valence-corrected chi connectivity index (χ4v) is 2.85. The molecule has 0 atom stereocenters. The molecule has 0 aliphatic rings. The van der Waals surface area contributed by atoms with Gasteiger partial charge in [-0.25, -0.2) is 0 Å². The van der Waals surface area contributed by atoms with E-state index < -0.39 is 0 Å². The number of hydrogen-bond donors (Lipinski definition) is 1. The standard InChI is InChI=1S/C25H36O6/c26-14-18-29-17-13-23-9-11-25(12-10-23)31-22-20-28-16-6-2-5-15-27-19-21-30-24-7-3-1-4-8-24/h1,3-4,7-12,26H,2,5-6,13-22H2. The van der Waals surface area contributed by atoms with E-state index in [1.165, 1.54) is 5.56 Å². The van der Waals surface area contributed by atoms with Crippen molar-refractivity contribution in [1.29, 1.82) is 0 Å². The van der Waals surface area contributed by atoms with Crippen LogP contribution in [0, 0.1) is 0 Å². The van der Waals surface area contributed by atoms with Gasteiger partial charge in [-0.05, 0) is 55.5 Å². The fourth-order valence-electron chi connectivity index (χ4n) is 2.85. The lowest BCUT2D eigenvalue weighted by atomic mass is 10.1. The Morgan fingerprint density at radius 1 is 0.516 bits per heavy atom. The second-order valence-corrected chi connectivity index (χ2v) is 7.03. The third-order valence-corrected chi connectivity index (χ3v) is 4.51. The molecular formula is C25H36O6. The van der Waals surface area contributed by atoms with Crippen LogP contribution in [0.3, 0.4) is 0 Å². The molecule has 31 heavy (non-hydrogen) atoms. The number of ether oxygens (including phenoxy) is 5. The molecule has 0 spiro atoms. The summed E-state index contributed by atoms with van der Waals surface area (Å²) in [5, 5.41) is 8.68. The van der Waals surface area contributed by atoms with E-state index in [2.05, 4.69) is 0 Å². The van der Waals surface area contributed by atoms with Crippen molar-refractivity contribution in [1.82, 2.24) is 0 Å². The number of para-hydroxylation sites is 1. The van der Waals surface area contributed by atoms with E-state index in [1.54, 1.807) is 0 Å². The average molecular weight is 433 g/mol. The first-order chi connectivity index (χ1) is 15.4. The van der Waals surface area contributed by atoms with Crippen LogP contribution in [0.1, 0.15) is 24.8 Å². The van der Waals surface area contributed by atoms with Gasteiger partial charge in [0.25, 0.3) is 0 Å². The van der Waals surface area contributed by atoms with Gasteiger partial charge in [0, 0.05) is 13.2 Å². The quantitative estimate of drug-likeness (QED) is 0.340. The summed E-state index contributed by atoms with van der Waals surface area (Å²) >= 11 is 0. The van der Waals surface area contributed by atoms with Gasteiger partial charge in [-0.1, -0.05) is 30.3 Å². The van der Waals surface area contributed by atoms with Crippen molar-refractivity contribution in [2.45, 2.75) is 25.7 Å². The van der Waals surface area contributed by atoms with Gasteiger partial charge in [-0.2, -0.15) is 0 Å². The lowest BCUT2D eigenvalue weighted by molar-refractivity contribution is 0.0854. The van der Waals surface area contributed by atoms with Crippen molar-refractivity contribution >= 4 is 0 Å². The number of aliphatic hydroxyl groups excluding tert-OH is 1. The molecule has 6 nitrogen and oxygen atoms in total. The zero-order valence-electron chi connectivity index (χ0n) is 18.4. The first-order valence-electron chi connectivity index (χ1n) is 11.1. The second-order valence-electron chi connectivity index (χ2n) is 7.03. The van der Waals surface area contributed by atoms with Crippen LogP contribution in [0.15, 0.2) is 54.6 Å². The van der Waals surface area contributed by atoms with Crippen molar-refractivity contribution in [2.24, 2.45) is 0 Å².